The van der Waals surface area contributed by atoms with Crippen molar-refractivity contribution in [2.45, 2.75) is 0 Å². The van der Waals surface area contributed by atoms with E-state index in [4.69, 9.17) is 4.74 Å². The van der Waals surface area contributed by atoms with E-state index in [1.54, 1.807) is 0 Å². The van der Waals surface area contributed by atoms with E-state index in [9.17, 15) is 0 Å². The van der Waals surface area contributed by atoms with Crippen LogP contribution in [-0.2, 0) is 0 Å². The van der Waals surface area contributed by atoms with Crippen molar-refractivity contribution in [3.63, 3.8) is 0 Å². The van der Waals surface area contributed by atoms with E-state index in [2.05, 4.69) is 23.5 Å². The number of halogens is 1. The summed E-state index contributed by atoms with van der Waals surface area (Å²) in [4.78, 5) is 0. The monoisotopic (exact) mass is 263 g/mol. The number of nitrogens with one attached hydrogen (secondary N) is 1. The number of hydrogen-bond donors (Lipinski definition) is 1. The predicted molar refractivity (Wildman–Crippen MR) is 78.5 cm³/mol. The third kappa shape index (κ3) is 3.76. The van der Waals surface area contributed by atoms with E-state index in [0.717, 1.165) is 17.9 Å². The quantitative estimate of drug-likeness (QED) is 0.835. The average molecular weight is 264 g/mol. The SMILES string of the molecule is CNCCOc1ccccc1-c1ccccc1.Cl. The molecule has 0 atom stereocenters. The molecule has 0 unspecified atom stereocenters. The molecule has 0 aliphatic carbocycles. The van der Waals surface area contributed by atoms with Gasteiger partial charge in [0.25, 0.3) is 0 Å². The summed E-state index contributed by atoms with van der Waals surface area (Å²) in [6.45, 7) is 1.53. The summed E-state index contributed by atoms with van der Waals surface area (Å²) in [5, 5.41) is 3.07. The van der Waals surface area contributed by atoms with Crippen LogP contribution in [0.4, 0.5) is 0 Å². The minimum absolute atomic E-state index is 0. The molecular weight excluding hydrogens is 246 g/mol. The maximum absolute atomic E-state index is 5.77. The number of ether oxygens (including phenoxy) is 1. The number of hydrogen-bond acceptors (Lipinski definition) is 2. The van der Waals surface area contributed by atoms with Crippen molar-refractivity contribution in [1.29, 1.82) is 0 Å². The number of likely N-dealkylation sites (N-methyl/N-ethyl adjacent to an activating group) is 1. The second-order valence-electron chi connectivity index (χ2n) is 3.81. The first-order valence-electron chi connectivity index (χ1n) is 5.83. The smallest absolute Gasteiger partial charge is 0.127 e. The van der Waals surface area contributed by atoms with Gasteiger partial charge in [-0.25, -0.2) is 0 Å². The van der Waals surface area contributed by atoms with Gasteiger partial charge in [-0.15, -0.1) is 12.4 Å². The van der Waals surface area contributed by atoms with Gasteiger partial charge in [-0.3, -0.25) is 0 Å². The van der Waals surface area contributed by atoms with E-state index in [1.165, 1.54) is 5.56 Å². The molecule has 0 radical (unpaired) electrons. The minimum atomic E-state index is 0. The van der Waals surface area contributed by atoms with Crippen molar-refractivity contribution in [3.05, 3.63) is 54.6 Å². The largest absolute Gasteiger partial charge is 0.492 e. The molecule has 2 aromatic carbocycles. The molecule has 0 fully saturated rings. The molecule has 0 bridgehead atoms. The topological polar surface area (TPSA) is 21.3 Å². The lowest BCUT2D eigenvalue weighted by atomic mass is 10.1. The van der Waals surface area contributed by atoms with E-state index < -0.39 is 0 Å². The van der Waals surface area contributed by atoms with E-state index in [-0.39, 0.29) is 12.4 Å². The Balaban J connectivity index is 0.00000162. The minimum Gasteiger partial charge on any atom is -0.492 e. The van der Waals surface area contributed by atoms with Crippen LogP contribution in [0, 0.1) is 0 Å². The molecule has 0 aliphatic heterocycles. The molecule has 0 saturated carbocycles. The second-order valence-corrected chi connectivity index (χ2v) is 3.81. The zero-order chi connectivity index (χ0) is 11.9. The molecule has 2 aromatic rings. The first kappa shape index (κ1) is 14.6. The van der Waals surface area contributed by atoms with Gasteiger partial charge in [-0.1, -0.05) is 48.5 Å². The molecule has 0 saturated heterocycles. The average Bonchev–Trinajstić information content (AvgIpc) is 2.41. The fourth-order valence-corrected chi connectivity index (χ4v) is 1.71. The third-order valence-electron chi connectivity index (χ3n) is 2.58. The van der Waals surface area contributed by atoms with Crippen LogP contribution in [0.25, 0.3) is 11.1 Å². The zero-order valence-corrected chi connectivity index (χ0v) is 11.2. The first-order valence-corrected chi connectivity index (χ1v) is 5.83. The van der Waals surface area contributed by atoms with Crippen molar-refractivity contribution < 1.29 is 4.74 Å². The first-order chi connectivity index (χ1) is 8.42. The summed E-state index contributed by atoms with van der Waals surface area (Å²) in [5.41, 5.74) is 2.33. The molecule has 2 nitrogen and oxygen atoms in total. The summed E-state index contributed by atoms with van der Waals surface area (Å²) in [7, 11) is 1.92. The Hall–Kier alpha value is -1.51. The molecule has 0 spiro atoms. The van der Waals surface area contributed by atoms with Crippen molar-refractivity contribution in [3.8, 4) is 16.9 Å². The van der Waals surface area contributed by atoms with Crippen molar-refractivity contribution in [1.82, 2.24) is 5.32 Å². The Bertz CT molecular complexity index is 459. The Labute approximate surface area is 114 Å². The zero-order valence-electron chi connectivity index (χ0n) is 10.4. The van der Waals surface area contributed by atoms with Crippen LogP contribution >= 0.6 is 12.4 Å². The van der Waals surface area contributed by atoms with Crippen LogP contribution in [0.5, 0.6) is 5.75 Å². The van der Waals surface area contributed by atoms with Crippen LogP contribution in [0.3, 0.4) is 0 Å². The van der Waals surface area contributed by atoms with Gasteiger partial charge >= 0.3 is 0 Å². The van der Waals surface area contributed by atoms with Gasteiger partial charge < -0.3 is 10.1 Å². The lowest BCUT2D eigenvalue weighted by Crippen LogP contribution is -2.16. The highest BCUT2D eigenvalue weighted by molar-refractivity contribution is 5.85. The predicted octanol–water partition coefficient (Wildman–Crippen LogP) is 3.37. The molecule has 0 heterocycles. The highest BCUT2D eigenvalue weighted by Crippen LogP contribution is 2.29. The van der Waals surface area contributed by atoms with E-state index >= 15 is 0 Å². The molecule has 1 N–H and O–H groups in total. The van der Waals surface area contributed by atoms with Crippen molar-refractivity contribution in [2.24, 2.45) is 0 Å². The Morgan fingerprint density at radius 2 is 1.61 bits per heavy atom. The third-order valence-corrected chi connectivity index (χ3v) is 2.58. The van der Waals surface area contributed by atoms with Crippen LogP contribution < -0.4 is 10.1 Å². The van der Waals surface area contributed by atoms with Gasteiger partial charge in [-0.05, 0) is 18.7 Å². The van der Waals surface area contributed by atoms with Crippen LogP contribution in [-0.4, -0.2) is 20.2 Å². The highest BCUT2D eigenvalue weighted by Gasteiger charge is 2.04. The fraction of sp³-hybridized carbons (Fsp3) is 0.200. The summed E-state index contributed by atoms with van der Waals surface area (Å²) in [6.07, 6.45) is 0. The normalized spacial score (nSPS) is 9.61. The summed E-state index contributed by atoms with van der Waals surface area (Å²) < 4.78 is 5.77. The van der Waals surface area contributed by atoms with E-state index in [1.807, 2.05) is 43.4 Å². The highest BCUT2D eigenvalue weighted by atomic mass is 35.5. The van der Waals surface area contributed by atoms with Gasteiger partial charge in [0.05, 0.1) is 0 Å². The Morgan fingerprint density at radius 3 is 2.33 bits per heavy atom. The van der Waals surface area contributed by atoms with Crippen molar-refractivity contribution >= 4 is 12.4 Å². The molecule has 18 heavy (non-hydrogen) atoms. The van der Waals surface area contributed by atoms with Gasteiger partial charge in [0.1, 0.15) is 12.4 Å². The molecule has 2 rings (SSSR count). The molecule has 0 amide bonds. The van der Waals surface area contributed by atoms with E-state index in [0.29, 0.717) is 6.61 Å². The van der Waals surface area contributed by atoms with Crippen LogP contribution in [0.1, 0.15) is 0 Å². The Morgan fingerprint density at radius 1 is 0.944 bits per heavy atom. The van der Waals surface area contributed by atoms with Gasteiger partial charge in [-0.2, -0.15) is 0 Å². The standard InChI is InChI=1S/C15H17NO.ClH/c1-16-11-12-17-15-10-6-5-9-14(15)13-7-3-2-4-8-13;/h2-10,16H,11-12H2,1H3;1H. The molecule has 0 aromatic heterocycles. The second kappa shape index (κ2) is 7.75. The maximum Gasteiger partial charge on any atom is 0.127 e. The van der Waals surface area contributed by atoms with Crippen LogP contribution in [0.2, 0.25) is 0 Å². The van der Waals surface area contributed by atoms with Gasteiger partial charge in [0, 0.05) is 12.1 Å². The molecule has 3 heteroatoms. The molecule has 0 aliphatic rings. The molecule has 96 valence electrons. The van der Waals surface area contributed by atoms with Crippen LogP contribution in [0.15, 0.2) is 54.6 Å². The maximum atomic E-state index is 5.77. The number of rotatable bonds is 5. The van der Waals surface area contributed by atoms with Crippen molar-refractivity contribution in [2.75, 3.05) is 20.2 Å². The number of benzene rings is 2. The van der Waals surface area contributed by atoms with Gasteiger partial charge in [0.2, 0.25) is 0 Å². The lowest BCUT2D eigenvalue weighted by Gasteiger charge is -2.11. The molecular formula is C15H18ClNO. The number of para-hydroxylation sites is 1. The fourth-order valence-electron chi connectivity index (χ4n) is 1.71. The summed E-state index contributed by atoms with van der Waals surface area (Å²) in [6, 6.07) is 18.4. The summed E-state index contributed by atoms with van der Waals surface area (Å²) >= 11 is 0. The van der Waals surface area contributed by atoms with Gasteiger partial charge in [0.15, 0.2) is 0 Å². The summed E-state index contributed by atoms with van der Waals surface area (Å²) in [5.74, 6) is 0.939. The Kier molecular flexibility index (Phi) is 6.26. The lowest BCUT2D eigenvalue weighted by molar-refractivity contribution is 0.319.